The van der Waals surface area contributed by atoms with Gasteiger partial charge in [-0.25, -0.2) is 4.39 Å². The second-order valence-electron chi connectivity index (χ2n) is 2.88. The van der Waals surface area contributed by atoms with Gasteiger partial charge in [0.2, 0.25) is 0 Å². The fourth-order valence-electron chi connectivity index (χ4n) is 1.37. The van der Waals surface area contributed by atoms with Crippen molar-refractivity contribution in [2.24, 2.45) is 0 Å². The maximum absolute atomic E-state index is 13.0. The second-order valence-corrected chi connectivity index (χ2v) is 4.14. The number of ether oxygens (including phenoxy) is 1. The lowest BCUT2D eigenvalue weighted by molar-refractivity contribution is 0.417. The number of aryl methyl sites for hydroxylation is 1. The molecule has 3 heteroatoms. The third kappa shape index (κ3) is 1.40. The number of thiophene rings is 1. The Hall–Kier alpha value is -1.09. The van der Waals surface area contributed by atoms with Gasteiger partial charge in [0.15, 0.2) is 0 Å². The first-order chi connectivity index (χ1) is 6.20. The van der Waals surface area contributed by atoms with E-state index in [1.54, 1.807) is 18.4 Å². The molecule has 0 unspecified atom stereocenters. The van der Waals surface area contributed by atoms with Gasteiger partial charge in [0.1, 0.15) is 11.6 Å². The Balaban J connectivity index is 2.80. The minimum absolute atomic E-state index is 0.248. The Labute approximate surface area is 79.8 Å². The van der Waals surface area contributed by atoms with Crippen LogP contribution in [0.3, 0.4) is 0 Å². The molecule has 0 amide bonds. The molecule has 0 radical (unpaired) electrons. The van der Waals surface area contributed by atoms with E-state index < -0.39 is 0 Å². The van der Waals surface area contributed by atoms with Gasteiger partial charge < -0.3 is 4.74 Å². The van der Waals surface area contributed by atoms with E-state index in [2.05, 4.69) is 0 Å². The van der Waals surface area contributed by atoms with Crippen molar-refractivity contribution in [1.29, 1.82) is 0 Å². The number of hydrogen-bond donors (Lipinski definition) is 0. The summed E-state index contributed by atoms with van der Waals surface area (Å²) in [5.41, 5.74) is 0. The van der Waals surface area contributed by atoms with Gasteiger partial charge >= 0.3 is 0 Å². The highest BCUT2D eigenvalue weighted by molar-refractivity contribution is 7.19. The first kappa shape index (κ1) is 8.51. The van der Waals surface area contributed by atoms with Crippen molar-refractivity contribution in [2.45, 2.75) is 6.92 Å². The summed E-state index contributed by atoms with van der Waals surface area (Å²) in [6, 6.07) is 4.91. The summed E-state index contributed by atoms with van der Waals surface area (Å²) in [6.45, 7) is 2.00. The monoisotopic (exact) mass is 196 g/mol. The molecule has 0 saturated carbocycles. The molecule has 0 fully saturated rings. The SMILES string of the molecule is COc1cc(F)cc2cc(C)sc12. The maximum Gasteiger partial charge on any atom is 0.139 e. The van der Waals surface area contributed by atoms with E-state index in [1.165, 1.54) is 17.0 Å². The Morgan fingerprint density at radius 2 is 2.08 bits per heavy atom. The first-order valence-corrected chi connectivity index (χ1v) is 4.76. The second kappa shape index (κ2) is 3.00. The predicted molar refractivity (Wildman–Crippen MR) is 53.1 cm³/mol. The number of halogens is 1. The topological polar surface area (TPSA) is 9.23 Å². The Morgan fingerprint density at radius 1 is 1.31 bits per heavy atom. The molecule has 1 aromatic heterocycles. The molecule has 13 heavy (non-hydrogen) atoms. The predicted octanol–water partition coefficient (Wildman–Crippen LogP) is 3.36. The molecule has 1 nitrogen and oxygen atoms in total. The average Bonchev–Trinajstić information content (AvgIpc) is 2.43. The molecule has 0 N–H and O–H groups in total. The van der Waals surface area contributed by atoms with Crippen LogP contribution in [0.5, 0.6) is 5.75 Å². The van der Waals surface area contributed by atoms with Crippen LogP contribution in [0.4, 0.5) is 4.39 Å². The van der Waals surface area contributed by atoms with Crippen molar-refractivity contribution in [3.05, 3.63) is 28.9 Å². The van der Waals surface area contributed by atoms with Crippen LogP contribution in [0.2, 0.25) is 0 Å². The van der Waals surface area contributed by atoms with Crippen molar-refractivity contribution in [3.63, 3.8) is 0 Å². The molecule has 68 valence electrons. The lowest BCUT2D eigenvalue weighted by Gasteiger charge is -2.00. The van der Waals surface area contributed by atoms with Crippen molar-refractivity contribution in [1.82, 2.24) is 0 Å². The molecule has 0 spiro atoms. The van der Waals surface area contributed by atoms with E-state index in [9.17, 15) is 4.39 Å². The van der Waals surface area contributed by atoms with Crippen molar-refractivity contribution in [2.75, 3.05) is 7.11 Å². The lowest BCUT2D eigenvalue weighted by Crippen LogP contribution is -1.83. The summed E-state index contributed by atoms with van der Waals surface area (Å²) in [4.78, 5) is 1.17. The summed E-state index contributed by atoms with van der Waals surface area (Å²) in [5.74, 6) is 0.371. The summed E-state index contributed by atoms with van der Waals surface area (Å²) in [6.07, 6.45) is 0. The molecule has 1 aromatic carbocycles. The third-order valence-corrected chi connectivity index (χ3v) is 2.97. The molecule has 0 aliphatic rings. The van der Waals surface area contributed by atoms with Crippen LogP contribution in [-0.4, -0.2) is 7.11 Å². The van der Waals surface area contributed by atoms with E-state index in [0.29, 0.717) is 5.75 Å². The van der Waals surface area contributed by atoms with Gasteiger partial charge in [0.25, 0.3) is 0 Å². The van der Waals surface area contributed by atoms with E-state index in [-0.39, 0.29) is 5.82 Å². The summed E-state index contributed by atoms with van der Waals surface area (Å²) in [7, 11) is 1.56. The van der Waals surface area contributed by atoms with Crippen LogP contribution in [0.1, 0.15) is 4.88 Å². The molecule has 0 aliphatic carbocycles. The number of rotatable bonds is 1. The highest BCUT2D eigenvalue weighted by Gasteiger charge is 2.06. The molecule has 0 saturated heterocycles. The number of benzene rings is 1. The fourth-order valence-corrected chi connectivity index (χ4v) is 2.35. The van der Waals surface area contributed by atoms with Gasteiger partial charge in [-0.05, 0) is 24.4 Å². The van der Waals surface area contributed by atoms with Gasteiger partial charge in [-0.3, -0.25) is 0 Å². The van der Waals surface area contributed by atoms with E-state index in [4.69, 9.17) is 4.74 Å². The smallest absolute Gasteiger partial charge is 0.139 e. The van der Waals surface area contributed by atoms with Crippen LogP contribution in [0.15, 0.2) is 18.2 Å². The number of hydrogen-bond acceptors (Lipinski definition) is 2. The van der Waals surface area contributed by atoms with Crippen LogP contribution in [-0.2, 0) is 0 Å². The largest absolute Gasteiger partial charge is 0.495 e. The molecule has 0 aliphatic heterocycles. The molecule has 2 rings (SSSR count). The fraction of sp³-hybridized carbons (Fsp3) is 0.200. The average molecular weight is 196 g/mol. The Morgan fingerprint density at radius 3 is 2.77 bits per heavy atom. The summed E-state index contributed by atoms with van der Waals surface area (Å²) < 4.78 is 19.1. The Kier molecular flexibility index (Phi) is 1.96. The van der Waals surface area contributed by atoms with E-state index >= 15 is 0 Å². The molecule has 2 aromatic rings. The highest BCUT2D eigenvalue weighted by atomic mass is 32.1. The quantitative estimate of drug-likeness (QED) is 0.679. The van der Waals surface area contributed by atoms with Gasteiger partial charge in [-0.1, -0.05) is 0 Å². The highest BCUT2D eigenvalue weighted by Crippen LogP contribution is 2.33. The van der Waals surface area contributed by atoms with Gasteiger partial charge in [-0.15, -0.1) is 11.3 Å². The zero-order valence-electron chi connectivity index (χ0n) is 7.43. The minimum Gasteiger partial charge on any atom is -0.495 e. The first-order valence-electron chi connectivity index (χ1n) is 3.94. The third-order valence-electron chi connectivity index (χ3n) is 1.89. The van der Waals surface area contributed by atoms with Gasteiger partial charge in [0, 0.05) is 10.9 Å². The van der Waals surface area contributed by atoms with E-state index in [0.717, 1.165) is 10.1 Å². The van der Waals surface area contributed by atoms with Gasteiger partial charge in [-0.2, -0.15) is 0 Å². The summed E-state index contributed by atoms with van der Waals surface area (Å²) in [5, 5.41) is 0.916. The number of methoxy groups -OCH3 is 1. The zero-order valence-corrected chi connectivity index (χ0v) is 8.24. The molecular formula is C10H9FOS. The van der Waals surface area contributed by atoms with Crippen molar-refractivity contribution in [3.8, 4) is 5.75 Å². The lowest BCUT2D eigenvalue weighted by atomic mass is 10.2. The number of fused-ring (bicyclic) bond motifs is 1. The van der Waals surface area contributed by atoms with Crippen LogP contribution < -0.4 is 4.74 Å². The van der Waals surface area contributed by atoms with E-state index in [1.807, 2.05) is 13.0 Å². The molecule has 1 heterocycles. The zero-order chi connectivity index (χ0) is 9.42. The maximum atomic E-state index is 13.0. The van der Waals surface area contributed by atoms with Crippen LogP contribution >= 0.6 is 11.3 Å². The van der Waals surface area contributed by atoms with Crippen LogP contribution in [0.25, 0.3) is 10.1 Å². The molecule has 0 bridgehead atoms. The normalized spacial score (nSPS) is 10.7. The standard InChI is InChI=1S/C10H9FOS/c1-6-3-7-4-8(11)5-9(12-2)10(7)13-6/h3-5H,1-2H3. The minimum atomic E-state index is -0.248. The summed E-state index contributed by atoms with van der Waals surface area (Å²) >= 11 is 1.62. The van der Waals surface area contributed by atoms with Crippen molar-refractivity contribution >= 4 is 21.4 Å². The van der Waals surface area contributed by atoms with Crippen LogP contribution in [0, 0.1) is 12.7 Å². The molecular weight excluding hydrogens is 187 g/mol. The molecule has 0 atom stereocenters. The van der Waals surface area contributed by atoms with Gasteiger partial charge in [0.05, 0.1) is 11.8 Å². The Bertz CT molecular complexity index is 447. The van der Waals surface area contributed by atoms with Crippen molar-refractivity contribution < 1.29 is 9.13 Å².